The molecular weight excluding hydrogens is 206 g/mol. The van der Waals surface area contributed by atoms with Gasteiger partial charge in [0.1, 0.15) is 0 Å². The fourth-order valence-corrected chi connectivity index (χ4v) is 1.73. The fourth-order valence-electron chi connectivity index (χ4n) is 1.73. The zero-order valence-corrected chi connectivity index (χ0v) is 10.7. The lowest BCUT2D eigenvalue weighted by Crippen LogP contribution is -2.16. The quantitative estimate of drug-likeness (QED) is 0.680. The second kappa shape index (κ2) is 4.15. The summed E-state index contributed by atoms with van der Waals surface area (Å²) in [7, 11) is 0. The van der Waals surface area contributed by atoms with Gasteiger partial charge in [-0.3, -0.25) is 0 Å². The van der Waals surface area contributed by atoms with E-state index in [1.54, 1.807) is 13.0 Å². The van der Waals surface area contributed by atoms with Crippen LogP contribution in [0.15, 0.2) is 18.2 Å². The largest absolute Gasteiger partial charge is 0.273 e. The van der Waals surface area contributed by atoms with Crippen molar-refractivity contribution in [1.29, 1.82) is 0 Å². The summed E-state index contributed by atoms with van der Waals surface area (Å²) in [5, 5.41) is 0. The van der Waals surface area contributed by atoms with Crippen LogP contribution < -0.4 is 0 Å². The summed E-state index contributed by atoms with van der Waals surface area (Å²) in [5.74, 6) is -2.71. The van der Waals surface area contributed by atoms with Crippen molar-refractivity contribution in [3.05, 3.63) is 34.9 Å². The Hall–Kier alpha value is -0.920. The molecule has 0 saturated heterocycles. The van der Waals surface area contributed by atoms with Crippen LogP contribution in [-0.2, 0) is 11.3 Å². The first-order valence-corrected chi connectivity index (χ1v) is 5.68. The van der Waals surface area contributed by atoms with Gasteiger partial charge in [-0.25, -0.2) is 8.78 Å². The molecule has 0 saturated carbocycles. The van der Waals surface area contributed by atoms with E-state index in [4.69, 9.17) is 0 Å². The lowest BCUT2D eigenvalue weighted by Gasteiger charge is -2.23. The third kappa shape index (κ3) is 2.60. The van der Waals surface area contributed by atoms with Crippen LogP contribution in [0.3, 0.4) is 0 Å². The Bertz CT molecular complexity index is 373. The van der Waals surface area contributed by atoms with Gasteiger partial charge < -0.3 is 0 Å². The molecule has 2 heteroatoms. The van der Waals surface area contributed by atoms with Crippen LogP contribution >= 0.6 is 0 Å². The highest BCUT2D eigenvalue weighted by Gasteiger charge is 2.31. The number of hydrogen-bond donors (Lipinski definition) is 0. The number of benzene rings is 1. The maximum Gasteiger partial charge on any atom is 0.273 e. The Morgan fingerprint density at radius 2 is 1.69 bits per heavy atom. The van der Waals surface area contributed by atoms with E-state index in [1.165, 1.54) is 6.92 Å². The third-order valence-electron chi connectivity index (χ3n) is 2.93. The van der Waals surface area contributed by atoms with Gasteiger partial charge in [-0.1, -0.05) is 45.9 Å². The van der Waals surface area contributed by atoms with E-state index in [9.17, 15) is 8.78 Å². The summed E-state index contributed by atoms with van der Waals surface area (Å²) in [5.41, 5.74) is 1.94. The Kier molecular flexibility index (Phi) is 3.41. The average molecular weight is 226 g/mol. The maximum atomic E-state index is 13.6. The molecule has 0 spiro atoms. The molecule has 0 nitrogen and oxygen atoms in total. The van der Waals surface area contributed by atoms with Gasteiger partial charge in [0.15, 0.2) is 0 Å². The summed E-state index contributed by atoms with van der Waals surface area (Å²) in [6.45, 7) is 9.52. The van der Waals surface area contributed by atoms with Crippen LogP contribution in [0.4, 0.5) is 8.78 Å². The van der Waals surface area contributed by atoms with Gasteiger partial charge in [0.25, 0.3) is 5.92 Å². The van der Waals surface area contributed by atoms with Gasteiger partial charge >= 0.3 is 0 Å². The number of halogens is 2. The molecule has 16 heavy (non-hydrogen) atoms. The van der Waals surface area contributed by atoms with E-state index in [2.05, 4.69) is 20.8 Å². The van der Waals surface area contributed by atoms with E-state index in [-0.39, 0.29) is 17.4 Å². The summed E-state index contributed by atoms with van der Waals surface area (Å²) in [6.07, 6.45) is -0.150. The Morgan fingerprint density at radius 3 is 2.06 bits per heavy atom. The smallest absolute Gasteiger partial charge is 0.201 e. The lowest BCUT2D eigenvalue weighted by atomic mass is 9.84. The molecular formula is C14H20F2. The third-order valence-corrected chi connectivity index (χ3v) is 2.93. The van der Waals surface area contributed by atoms with Gasteiger partial charge in [-0.2, -0.15) is 0 Å². The molecule has 0 aliphatic rings. The molecule has 0 aliphatic carbocycles. The van der Waals surface area contributed by atoms with Crippen molar-refractivity contribution in [2.45, 2.75) is 52.4 Å². The molecule has 0 atom stereocenters. The zero-order chi connectivity index (χ0) is 12.6. The van der Waals surface area contributed by atoms with E-state index < -0.39 is 5.92 Å². The van der Waals surface area contributed by atoms with E-state index in [1.807, 2.05) is 12.1 Å². The van der Waals surface area contributed by atoms with Crippen molar-refractivity contribution >= 4 is 0 Å². The molecule has 1 aromatic carbocycles. The van der Waals surface area contributed by atoms with Crippen LogP contribution in [0.25, 0.3) is 0 Å². The minimum Gasteiger partial charge on any atom is -0.201 e. The molecule has 0 aliphatic heterocycles. The predicted molar refractivity (Wildman–Crippen MR) is 64.1 cm³/mol. The van der Waals surface area contributed by atoms with Crippen molar-refractivity contribution in [3.8, 4) is 0 Å². The summed E-state index contributed by atoms with van der Waals surface area (Å²) >= 11 is 0. The van der Waals surface area contributed by atoms with Crippen LogP contribution in [0, 0.1) is 6.92 Å². The summed E-state index contributed by atoms with van der Waals surface area (Å²) in [6, 6.07) is 5.25. The predicted octanol–water partition coefficient (Wildman–Crippen LogP) is 4.79. The minimum atomic E-state index is -2.71. The van der Waals surface area contributed by atoms with Crippen molar-refractivity contribution in [2.75, 3.05) is 0 Å². The van der Waals surface area contributed by atoms with Crippen LogP contribution in [0.2, 0.25) is 0 Å². The van der Waals surface area contributed by atoms with E-state index in [0.29, 0.717) is 5.56 Å². The molecule has 1 rings (SSSR count). The molecule has 0 amide bonds. The van der Waals surface area contributed by atoms with E-state index >= 15 is 0 Å². The van der Waals surface area contributed by atoms with Crippen molar-refractivity contribution in [3.63, 3.8) is 0 Å². The van der Waals surface area contributed by atoms with Gasteiger partial charge in [-0.05, 0) is 23.5 Å². The highest BCUT2D eigenvalue weighted by Crippen LogP contribution is 2.35. The Labute approximate surface area is 96.7 Å². The van der Waals surface area contributed by atoms with E-state index in [0.717, 1.165) is 5.56 Å². The first kappa shape index (κ1) is 13.1. The minimum absolute atomic E-state index is 0.00475. The molecule has 0 bridgehead atoms. The highest BCUT2D eigenvalue weighted by molar-refractivity contribution is 5.36. The molecule has 0 fully saturated rings. The Balaban J connectivity index is 3.20. The van der Waals surface area contributed by atoms with Gasteiger partial charge in [0.05, 0.1) is 0 Å². The number of aryl methyl sites for hydroxylation is 1. The SMILES string of the molecule is CCC(F)(F)c1ccc(C(C)(C)C)cc1C. The standard InChI is InChI=1S/C14H20F2/c1-6-14(15,16)12-8-7-11(9-10(12)2)13(3,4)5/h7-9H,6H2,1-5H3. The number of alkyl halides is 2. The van der Waals surface area contributed by atoms with Crippen molar-refractivity contribution < 1.29 is 8.78 Å². The second-order valence-corrected chi connectivity index (χ2v) is 5.34. The van der Waals surface area contributed by atoms with Crippen LogP contribution in [-0.4, -0.2) is 0 Å². The summed E-state index contributed by atoms with van der Waals surface area (Å²) in [4.78, 5) is 0. The second-order valence-electron chi connectivity index (χ2n) is 5.34. The average Bonchev–Trinajstić information content (AvgIpc) is 2.16. The molecule has 0 radical (unpaired) electrons. The normalized spacial score (nSPS) is 12.9. The topological polar surface area (TPSA) is 0 Å². The van der Waals surface area contributed by atoms with Gasteiger partial charge in [0, 0.05) is 12.0 Å². The lowest BCUT2D eigenvalue weighted by molar-refractivity contribution is -0.00892. The highest BCUT2D eigenvalue weighted by atomic mass is 19.3. The monoisotopic (exact) mass is 226 g/mol. The molecule has 0 N–H and O–H groups in total. The zero-order valence-electron chi connectivity index (χ0n) is 10.7. The molecule has 0 heterocycles. The maximum absolute atomic E-state index is 13.6. The first-order chi connectivity index (χ1) is 7.18. The molecule has 90 valence electrons. The molecule has 1 aromatic rings. The van der Waals surface area contributed by atoms with Crippen molar-refractivity contribution in [1.82, 2.24) is 0 Å². The molecule has 0 unspecified atom stereocenters. The van der Waals surface area contributed by atoms with Crippen molar-refractivity contribution in [2.24, 2.45) is 0 Å². The van der Waals surface area contributed by atoms with Crippen LogP contribution in [0.5, 0.6) is 0 Å². The molecule has 0 aromatic heterocycles. The van der Waals surface area contributed by atoms with Gasteiger partial charge in [-0.15, -0.1) is 0 Å². The van der Waals surface area contributed by atoms with Crippen LogP contribution in [0.1, 0.15) is 50.8 Å². The first-order valence-electron chi connectivity index (χ1n) is 5.68. The Morgan fingerprint density at radius 1 is 1.12 bits per heavy atom. The summed E-state index contributed by atoms with van der Waals surface area (Å²) < 4.78 is 27.1. The van der Waals surface area contributed by atoms with Gasteiger partial charge in [0.2, 0.25) is 0 Å². The number of rotatable bonds is 2. The fraction of sp³-hybridized carbons (Fsp3) is 0.571. The number of hydrogen-bond acceptors (Lipinski definition) is 0.